The summed E-state index contributed by atoms with van der Waals surface area (Å²) in [6, 6.07) is 7.03. The molecule has 0 bridgehead atoms. The number of esters is 1. The molecular formula is C18H24N2O4. The summed E-state index contributed by atoms with van der Waals surface area (Å²) < 4.78 is 5.01. The largest absolute Gasteiger partial charge is 0.462 e. The number of aryl methyl sites for hydroxylation is 1. The van der Waals surface area contributed by atoms with E-state index in [4.69, 9.17) is 4.74 Å². The summed E-state index contributed by atoms with van der Waals surface area (Å²) >= 11 is 0. The maximum Gasteiger partial charge on any atom is 0.326 e. The van der Waals surface area contributed by atoms with E-state index in [-0.39, 0.29) is 12.6 Å². The lowest BCUT2D eigenvalue weighted by molar-refractivity contribution is -0.150. The third-order valence-electron chi connectivity index (χ3n) is 4.00. The van der Waals surface area contributed by atoms with Crippen molar-refractivity contribution in [1.82, 2.24) is 10.2 Å². The van der Waals surface area contributed by atoms with Crippen LogP contribution in [0.3, 0.4) is 0 Å². The van der Waals surface area contributed by atoms with Gasteiger partial charge in [-0.1, -0.05) is 37.6 Å². The Morgan fingerprint density at radius 3 is 2.42 bits per heavy atom. The predicted molar refractivity (Wildman–Crippen MR) is 89.3 cm³/mol. The number of carbonyl (C=O) groups is 3. The predicted octanol–water partition coefficient (Wildman–Crippen LogP) is 2.36. The molecule has 1 N–H and O–H groups in total. The first kappa shape index (κ1) is 18.0. The number of rotatable bonds is 6. The van der Waals surface area contributed by atoms with E-state index in [0.29, 0.717) is 5.56 Å². The van der Waals surface area contributed by atoms with Crippen molar-refractivity contribution in [3.63, 3.8) is 0 Å². The standard InChI is InChI=1S/C18H24N2O4/c1-5-6-13-7-9-14(10-8-13)18(4)16(22)20(17(23)19-18)11-15(21)24-12(2)3/h7-10,12H,5-6,11H2,1-4H3,(H,19,23). The number of urea groups is 1. The van der Waals surface area contributed by atoms with Crippen molar-refractivity contribution in [3.05, 3.63) is 35.4 Å². The molecule has 2 rings (SSSR count). The minimum atomic E-state index is -1.17. The van der Waals surface area contributed by atoms with E-state index >= 15 is 0 Å². The topological polar surface area (TPSA) is 75.7 Å². The van der Waals surface area contributed by atoms with Gasteiger partial charge in [0.05, 0.1) is 6.10 Å². The first-order chi connectivity index (χ1) is 11.3. The monoisotopic (exact) mass is 332 g/mol. The second-order valence-corrected chi connectivity index (χ2v) is 6.43. The van der Waals surface area contributed by atoms with Crippen molar-refractivity contribution >= 4 is 17.9 Å². The Kier molecular flexibility index (Phi) is 5.26. The molecule has 3 amide bonds. The van der Waals surface area contributed by atoms with Crippen LogP contribution >= 0.6 is 0 Å². The number of nitrogens with zero attached hydrogens (tertiary/aromatic N) is 1. The first-order valence-electron chi connectivity index (χ1n) is 8.21. The van der Waals surface area contributed by atoms with Gasteiger partial charge in [0.2, 0.25) is 0 Å². The van der Waals surface area contributed by atoms with Gasteiger partial charge in [0.25, 0.3) is 5.91 Å². The molecule has 0 spiro atoms. The van der Waals surface area contributed by atoms with Gasteiger partial charge in [-0.15, -0.1) is 0 Å². The molecule has 24 heavy (non-hydrogen) atoms. The second kappa shape index (κ2) is 7.03. The Bertz CT molecular complexity index is 639. The number of ether oxygens (including phenoxy) is 1. The Morgan fingerprint density at radius 2 is 1.88 bits per heavy atom. The summed E-state index contributed by atoms with van der Waals surface area (Å²) in [5, 5.41) is 2.69. The summed E-state index contributed by atoms with van der Waals surface area (Å²) in [5.41, 5.74) is 0.708. The molecule has 1 unspecified atom stereocenters. The highest BCUT2D eigenvalue weighted by Gasteiger charge is 2.49. The van der Waals surface area contributed by atoms with Crippen LogP contribution in [0.25, 0.3) is 0 Å². The molecule has 1 heterocycles. The van der Waals surface area contributed by atoms with Crippen molar-refractivity contribution in [3.8, 4) is 0 Å². The molecule has 0 radical (unpaired) electrons. The lowest BCUT2D eigenvalue weighted by Gasteiger charge is -2.22. The second-order valence-electron chi connectivity index (χ2n) is 6.43. The maximum absolute atomic E-state index is 12.7. The third-order valence-corrected chi connectivity index (χ3v) is 4.00. The van der Waals surface area contributed by atoms with Crippen molar-refractivity contribution in [1.29, 1.82) is 0 Å². The van der Waals surface area contributed by atoms with Gasteiger partial charge < -0.3 is 10.1 Å². The third kappa shape index (κ3) is 3.58. The van der Waals surface area contributed by atoms with Crippen LogP contribution in [0.4, 0.5) is 4.79 Å². The lowest BCUT2D eigenvalue weighted by atomic mass is 9.91. The van der Waals surface area contributed by atoms with Gasteiger partial charge in [-0.3, -0.25) is 14.5 Å². The quantitative estimate of drug-likeness (QED) is 0.641. The van der Waals surface area contributed by atoms with Crippen LogP contribution < -0.4 is 5.32 Å². The first-order valence-corrected chi connectivity index (χ1v) is 8.21. The van der Waals surface area contributed by atoms with E-state index in [9.17, 15) is 14.4 Å². The van der Waals surface area contributed by atoms with E-state index in [1.807, 2.05) is 24.3 Å². The summed E-state index contributed by atoms with van der Waals surface area (Å²) in [6.07, 6.45) is 1.71. The van der Waals surface area contributed by atoms with Crippen molar-refractivity contribution in [2.45, 2.75) is 52.2 Å². The van der Waals surface area contributed by atoms with Crippen LogP contribution in [-0.4, -0.2) is 35.5 Å². The number of carbonyl (C=O) groups excluding carboxylic acids is 3. The molecule has 1 aliphatic rings. The summed E-state index contributed by atoms with van der Waals surface area (Å²) in [6.45, 7) is 6.80. The fraction of sp³-hybridized carbons (Fsp3) is 0.500. The molecule has 1 aromatic rings. The van der Waals surface area contributed by atoms with Gasteiger partial charge in [0, 0.05) is 0 Å². The highest BCUT2D eigenvalue weighted by molar-refractivity contribution is 6.08. The Labute approximate surface area is 142 Å². The zero-order chi connectivity index (χ0) is 17.9. The van der Waals surface area contributed by atoms with E-state index < -0.39 is 23.4 Å². The van der Waals surface area contributed by atoms with Crippen molar-refractivity contribution in [2.24, 2.45) is 0 Å². The molecule has 1 atom stereocenters. The number of nitrogens with one attached hydrogen (secondary N) is 1. The fourth-order valence-corrected chi connectivity index (χ4v) is 2.76. The zero-order valence-corrected chi connectivity index (χ0v) is 14.6. The van der Waals surface area contributed by atoms with Crippen LogP contribution in [0, 0.1) is 0 Å². The normalized spacial score (nSPS) is 20.5. The van der Waals surface area contributed by atoms with Gasteiger partial charge in [0.15, 0.2) is 0 Å². The number of hydrogen-bond acceptors (Lipinski definition) is 4. The number of hydrogen-bond donors (Lipinski definition) is 1. The van der Waals surface area contributed by atoms with Gasteiger partial charge in [-0.25, -0.2) is 4.79 Å². The summed E-state index contributed by atoms with van der Waals surface area (Å²) in [4.78, 5) is 37.5. The van der Waals surface area contributed by atoms with Gasteiger partial charge >= 0.3 is 12.0 Å². The summed E-state index contributed by atoms with van der Waals surface area (Å²) in [5.74, 6) is -1.05. The molecular weight excluding hydrogens is 308 g/mol. The van der Waals surface area contributed by atoms with Crippen LogP contribution in [0.1, 0.15) is 45.2 Å². The van der Waals surface area contributed by atoms with Crippen LogP contribution in [0.15, 0.2) is 24.3 Å². The number of amides is 3. The number of imide groups is 1. The Balaban J connectivity index is 2.17. The van der Waals surface area contributed by atoms with Gasteiger partial charge in [-0.05, 0) is 38.3 Å². The molecule has 0 saturated carbocycles. The molecule has 1 fully saturated rings. The molecule has 6 heteroatoms. The van der Waals surface area contributed by atoms with E-state index in [2.05, 4.69) is 12.2 Å². The highest BCUT2D eigenvalue weighted by Crippen LogP contribution is 2.29. The van der Waals surface area contributed by atoms with Crippen LogP contribution in [0.2, 0.25) is 0 Å². The van der Waals surface area contributed by atoms with Crippen LogP contribution in [0.5, 0.6) is 0 Å². The molecule has 6 nitrogen and oxygen atoms in total. The minimum Gasteiger partial charge on any atom is -0.462 e. The Morgan fingerprint density at radius 1 is 1.25 bits per heavy atom. The number of benzene rings is 1. The molecule has 1 aromatic carbocycles. The van der Waals surface area contributed by atoms with Gasteiger partial charge in [0.1, 0.15) is 12.1 Å². The Hall–Kier alpha value is -2.37. The van der Waals surface area contributed by atoms with Crippen LogP contribution in [-0.2, 0) is 26.3 Å². The van der Waals surface area contributed by atoms with Crippen molar-refractivity contribution < 1.29 is 19.1 Å². The average molecular weight is 332 g/mol. The molecule has 0 aromatic heterocycles. The fourth-order valence-electron chi connectivity index (χ4n) is 2.76. The maximum atomic E-state index is 12.7. The lowest BCUT2D eigenvalue weighted by Crippen LogP contribution is -2.41. The molecule has 0 aliphatic carbocycles. The minimum absolute atomic E-state index is 0.296. The smallest absolute Gasteiger partial charge is 0.326 e. The van der Waals surface area contributed by atoms with E-state index in [1.54, 1.807) is 20.8 Å². The van der Waals surface area contributed by atoms with Crippen molar-refractivity contribution in [2.75, 3.05) is 6.54 Å². The average Bonchev–Trinajstić information content (AvgIpc) is 2.72. The van der Waals surface area contributed by atoms with Gasteiger partial charge in [-0.2, -0.15) is 0 Å². The van der Waals surface area contributed by atoms with E-state index in [1.165, 1.54) is 5.56 Å². The SMILES string of the molecule is CCCc1ccc(C2(C)NC(=O)N(CC(=O)OC(C)C)C2=O)cc1. The summed E-state index contributed by atoms with van der Waals surface area (Å²) in [7, 11) is 0. The molecule has 1 saturated heterocycles. The molecule has 130 valence electrons. The molecule has 1 aliphatic heterocycles. The zero-order valence-electron chi connectivity index (χ0n) is 14.6. The van der Waals surface area contributed by atoms with E-state index in [0.717, 1.165) is 17.7 Å². The highest BCUT2D eigenvalue weighted by atomic mass is 16.5.